The first-order valence-electron chi connectivity index (χ1n) is 4.47. The maximum Gasteiger partial charge on any atom is 0.126 e. The van der Waals surface area contributed by atoms with Crippen LogP contribution in [0.4, 0.5) is 0 Å². The molecule has 0 saturated carbocycles. The third-order valence-electron chi connectivity index (χ3n) is 1.97. The minimum absolute atomic E-state index is 0.194. The molecule has 3 heteroatoms. The molecule has 0 amide bonds. The minimum atomic E-state index is 0.194. The minimum Gasteiger partial charge on any atom is -0.496 e. The Morgan fingerprint density at radius 3 is 2.27 bits per heavy atom. The van der Waals surface area contributed by atoms with Crippen LogP contribution in [0.25, 0.3) is 10.8 Å². The summed E-state index contributed by atoms with van der Waals surface area (Å²) in [5, 5.41) is 2.58. The number of ether oxygens (including phenoxy) is 1. The predicted octanol–water partition coefficient (Wildman–Crippen LogP) is 4.27. The molecule has 0 spiro atoms. The molecule has 0 atom stereocenters. The van der Waals surface area contributed by atoms with Crippen molar-refractivity contribution in [1.29, 1.82) is 0 Å². The van der Waals surface area contributed by atoms with E-state index in [1.54, 1.807) is 7.11 Å². The third-order valence-corrected chi connectivity index (χ3v) is 1.97. The molecular formula is C12H12Cl2O. The number of benzene rings is 2. The summed E-state index contributed by atoms with van der Waals surface area (Å²) < 4.78 is 5.23. The second-order valence-electron chi connectivity index (χ2n) is 2.78. The van der Waals surface area contributed by atoms with Gasteiger partial charge in [-0.1, -0.05) is 36.4 Å². The van der Waals surface area contributed by atoms with Crippen LogP contribution < -0.4 is 4.74 Å². The fraction of sp³-hybridized carbons (Fsp3) is 0.167. The summed E-state index contributed by atoms with van der Waals surface area (Å²) in [6.07, 6.45) is 0. The number of fused-ring (bicyclic) bond motifs is 1. The molecule has 0 aliphatic rings. The number of halogens is 2. The van der Waals surface area contributed by atoms with Gasteiger partial charge >= 0.3 is 0 Å². The average Bonchev–Trinajstić information content (AvgIpc) is 2.29. The zero-order valence-electron chi connectivity index (χ0n) is 8.41. The van der Waals surface area contributed by atoms with Crippen LogP contribution in [0, 0.1) is 0 Å². The largest absolute Gasteiger partial charge is 0.496 e. The van der Waals surface area contributed by atoms with Gasteiger partial charge in [0.15, 0.2) is 0 Å². The zero-order valence-corrected chi connectivity index (χ0v) is 9.92. The van der Waals surface area contributed by atoms with Crippen LogP contribution in [0.3, 0.4) is 0 Å². The van der Waals surface area contributed by atoms with E-state index in [0.717, 1.165) is 5.75 Å². The summed E-state index contributed by atoms with van der Waals surface area (Å²) in [4.78, 5) is 0. The van der Waals surface area contributed by atoms with E-state index in [4.69, 9.17) is 27.9 Å². The Morgan fingerprint density at radius 1 is 1.00 bits per heavy atom. The first-order chi connectivity index (χ1) is 7.33. The van der Waals surface area contributed by atoms with E-state index in [9.17, 15) is 0 Å². The Kier molecular flexibility index (Phi) is 5.30. The molecule has 0 aromatic heterocycles. The summed E-state index contributed by atoms with van der Waals surface area (Å²) in [5.74, 6) is 0.938. The van der Waals surface area contributed by atoms with Gasteiger partial charge in [-0.3, -0.25) is 0 Å². The number of hydrogen-bond donors (Lipinski definition) is 0. The van der Waals surface area contributed by atoms with Crippen molar-refractivity contribution in [3.05, 3.63) is 42.5 Å². The molecule has 0 saturated heterocycles. The summed E-state index contributed by atoms with van der Waals surface area (Å²) in [6.45, 7) is 0. The van der Waals surface area contributed by atoms with E-state index in [-0.39, 0.29) is 5.34 Å². The molecule has 1 nitrogen and oxygen atoms in total. The summed E-state index contributed by atoms with van der Waals surface area (Å²) in [7, 11) is 1.70. The van der Waals surface area contributed by atoms with Gasteiger partial charge in [0, 0.05) is 5.39 Å². The van der Waals surface area contributed by atoms with Crippen LogP contribution >= 0.6 is 23.2 Å². The van der Waals surface area contributed by atoms with Crippen LogP contribution in [0.5, 0.6) is 5.75 Å². The average molecular weight is 243 g/mol. The monoisotopic (exact) mass is 242 g/mol. The van der Waals surface area contributed by atoms with Gasteiger partial charge in [0.05, 0.1) is 12.4 Å². The lowest BCUT2D eigenvalue weighted by molar-refractivity contribution is 0.420. The first kappa shape index (κ1) is 12.2. The second-order valence-corrected chi connectivity index (χ2v) is 3.59. The zero-order chi connectivity index (χ0) is 11.1. The highest BCUT2D eigenvalue weighted by Crippen LogP contribution is 2.24. The van der Waals surface area contributed by atoms with Crippen molar-refractivity contribution < 1.29 is 4.74 Å². The van der Waals surface area contributed by atoms with Gasteiger partial charge < -0.3 is 4.74 Å². The SMILES string of the molecule is COc1cccc2ccccc12.ClCCl. The van der Waals surface area contributed by atoms with Crippen LogP contribution in [0.15, 0.2) is 42.5 Å². The second kappa shape index (κ2) is 6.54. The molecule has 0 bridgehead atoms. The van der Waals surface area contributed by atoms with E-state index < -0.39 is 0 Å². The highest BCUT2D eigenvalue weighted by Gasteiger charge is 1.96. The van der Waals surface area contributed by atoms with E-state index in [1.807, 2.05) is 24.3 Å². The highest BCUT2D eigenvalue weighted by atomic mass is 35.5. The molecule has 0 aliphatic heterocycles. The lowest BCUT2D eigenvalue weighted by Gasteiger charge is -2.03. The summed E-state index contributed by atoms with van der Waals surface area (Å²) in [6, 6.07) is 14.2. The van der Waals surface area contributed by atoms with E-state index in [1.165, 1.54) is 10.8 Å². The van der Waals surface area contributed by atoms with Crippen LogP contribution in [-0.4, -0.2) is 12.4 Å². The van der Waals surface area contributed by atoms with Crippen molar-refractivity contribution in [2.45, 2.75) is 0 Å². The Balaban J connectivity index is 0.000000337. The van der Waals surface area contributed by atoms with Crippen LogP contribution in [0.1, 0.15) is 0 Å². The molecular weight excluding hydrogens is 231 g/mol. The highest BCUT2D eigenvalue weighted by molar-refractivity contribution is 6.40. The standard InChI is InChI=1S/C11H10O.CH2Cl2/c1-12-11-8-4-6-9-5-2-3-7-10(9)11;2-1-3/h2-8H,1H3;1H2. The Hall–Kier alpha value is -0.920. The fourth-order valence-electron chi connectivity index (χ4n) is 1.37. The van der Waals surface area contributed by atoms with E-state index >= 15 is 0 Å². The van der Waals surface area contributed by atoms with Gasteiger partial charge in [-0.2, -0.15) is 0 Å². The molecule has 2 aromatic rings. The predicted molar refractivity (Wildman–Crippen MR) is 67.1 cm³/mol. The number of alkyl halides is 2. The molecule has 0 radical (unpaired) electrons. The first-order valence-corrected chi connectivity index (χ1v) is 5.54. The van der Waals surface area contributed by atoms with Gasteiger partial charge in [-0.05, 0) is 11.5 Å². The molecule has 0 unspecified atom stereocenters. The quantitative estimate of drug-likeness (QED) is 0.679. The third kappa shape index (κ3) is 3.29. The smallest absolute Gasteiger partial charge is 0.126 e. The number of hydrogen-bond acceptors (Lipinski definition) is 1. The maximum absolute atomic E-state index is 5.23. The topological polar surface area (TPSA) is 9.23 Å². The van der Waals surface area contributed by atoms with Crippen molar-refractivity contribution in [3.63, 3.8) is 0 Å². The van der Waals surface area contributed by atoms with Crippen molar-refractivity contribution in [1.82, 2.24) is 0 Å². The fourth-order valence-corrected chi connectivity index (χ4v) is 1.37. The molecule has 0 fully saturated rings. The molecule has 0 aliphatic carbocycles. The molecule has 0 N–H and O–H groups in total. The Labute approximate surface area is 99.6 Å². The Morgan fingerprint density at radius 2 is 1.60 bits per heavy atom. The van der Waals surface area contributed by atoms with Crippen molar-refractivity contribution in [2.24, 2.45) is 0 Å². The van der Waals surface area contributed by atoms with E-state index in [0.29, 0.717) is 0 Å². The molecule has 80 valence electrons. The molecule has 0 heterocycles. The van der Waals surface area contributed by atoms with Gasteiger partial charge in [0.2, 0.25) is 0 Å². The summed E-state index contributed by atoms with van der Waals surface area (Å²) in [5.41, 5.74) is 0. The van der Waals surface area contributed by atoms with Gasteiger partial charge in [-0.25, -0.2) is 0 Å². The Bertz CT molecular complexity index is 410. The normalized spacial score (nSPS) is 9.27. The number of rotatable bonds is 1. The maximum atomic E-state index is 5.23. The molecule has 15 heavy (non-hydrogen) atoms. The van der Waals surface area contributed by atoms with Crippen molar-refractivity contribution in [2.75, 3.05) is 12.4 Å². The lowest BCUT2D eigenvalue weighted by atomic mass is 10.1. The van der Waals surface area contributed by atoms with Gasteiger partial charge in [-0.15, -0.1) is 23.2 Å². The van der Waals surface area contributed by atoms with Gasteiger partial charge in [0.1, 0.15) is 5.75 Å². The van der Waals surface area contributed by atoms with E-state index in [2.05, 4.69) is 18.2 Å². The van der Waals surface area contributed by atoms with Crippen LogP contribution in [0.2, 0.25) is 0 Å². The molecule has 2 rings (SSSR count). The van der Waals surface area contributed by atoms with Gasteiger partial charge in [0.25, 0.3) is 0 Å². The van der Waals surface area contributed by atoms with Crippen LogP contribution in [-0.2, 0) is 0 Å². The molecule has 2 aromatic carbocycles. The number of methoxy groups -OCH3 is 1. The summed E-state index contributed by atoms with van der Waals surface area (Å²) >= 11 is 9.53. The van der Waals surface area contributed by atoms with Crippen molar-refractivity contribution in [3.8, 4) is 5.75 Å². The lowest BCUT2D eigenvalue weighted by Crippen LogP contribution is -1.83. The van der Waals surface area contributed by atoms with Crippen molar-refractivity contribution >= 4 is 34.0 Å².